The first kappa shape index (κ1) is 13.8. The Morgan fingerprint density at radius 3 is 2.50 bits per heavy atom. The van der Waals surface area contributed by atoms with Crippen LogP contribution in [0.3, 0.4) is 0 Å². The lowest BCUT2D eigenvalue weighted by Gasteiger charge is -2.52. The summed E-state index contributed by atoms with van der Waals surface area (Å²) in [6.07, 6.45) is 3.61. The van der Waals surface area contributed by atoms with Gasteiger partial charge in [-0.2, -0.15) is 0 Å². The molecule has 4 heteroatoms. The van der Waals surface area contributed by atoms with Gasteiger partial charge in [0.05, 0.1) is 12.1 Å². The van der Waals surface area contributed by atoms with Gasteiger partial charge in [-0.05, 0) is 26.2 Å². The molecule has 1 amide bonds. The van der Waals surface area contributed by atoms with E-state index in [9.17, 15) is 4.79 Å². The second kappa shape index (κ2) is 5.17. The Morgan fingerprint density at radius 2 is 2.00 bits per heavy atom. The summed E-state index contributed by atoms with van der Waals surface area (Å²) in [5.74, 6) is 0.254. The summed E-state index contributed by atoms with van der Waals surface area (Å²) in [4.78, 5) is 14.2. The Labute approximate surface area is 110 Å². The van der Waals surface area contributed by atoms with Crippen LogP contribution < -0.4 is 5.32 Å². The molecule has 0 aromatic rings. The fourth-order valence-corrected chi connectivity index (χ4v) is 3.15. The van der Waals surface area contributed by atoms with Crippen LogP contribution in [0, 0.1) is 5.41 Å². The summed E-state index contributed by atoms with van der Waals surface area (Å²) in [5.41, 5.74) is 0.119. The van der Waals surface area contributed by atoms with E-state index < -0.39 is 0 Å². The van der Waals surface area contributed by atoms with E-state index in [1.165, 1.54) is 0 Å². The van der Waals surface area contributed by atoms with Gasteiger partial charge in [-0.3, -0.25) is 4.79 Å². The van der Waals surface area contributed by atoms with E-state index in [0.29, 0.717) is 12.1 Å². The minimum Gasteiger partial charge on any atom is -0.381 e. The van der Waals surface area contributed by atoms with Crippen LogP contribution in [0.25, 0.3) is 0 Å². The lowest BCUT2D eigenvalue weighted by Crippen LogP contribution is -2.63. The first-order valence-electron chi connectivity index (χ1n) is 7.04. The van der Waals surface area contributed by atoms with E-state index >= 15 is 0 Å². The van der Waals surface area contributed by atoms with E-state index in [1.807, 2.05) is 11.8 Å². The molecule has 2 rings (SSSR count). The molecule has 0 radical (unpaired) electrons. The molecular weight excluding hydrogens is 228 g/mol. The normalized spacial score (nSPS) is 32.1. The van der Waals surface area contributed by atoms with Crippen molar-refractivity contribution >= 4 is 5.91 Å². The topological polar surface area (TPSA) is 41.6 Å². The van der Waals surface area contributed by atoms with Crippen LogP contribution in [-0.4, -0.2) is 49.2 Å². The van der Waals surface area contributed by atoms with Crippen molar-refractivity contribution in [3.05, 3.63) is 0 Å². The van der Waals surface area contributed by atoms with Crippen molar-refractivity contribution in [1.82, 2.24) is 10.2 Å². The first-order chi connectivity index (χ1) is 8.46. The molecule has 2 aliphatic rings. The van der Waals surface area contributed by atoms with Crippen LogP contribution in [0.4, 0.5) is 0 Å². The average molecular weight is 254 g/mol. The average Bonchev–Trinajstić information content (AvgIpc) is 2.86. The van der Waals surface area contributed by atoms with Crippen LogP contribution in [0.1, 0.15) is 40.0 Å². The Balaban J connectivity index is 1.84. The van der Waals surface area contributed by atoms with Crippen molar-refractivity contribution in [2.75, 3.05) is 20.2 Å². The van der Waals surface area contributed by atoms with Crippen LogP contribution in [0.2, 0.25) is 0 Å². The highest BCUT2D eigenvalue weighted by molar-refractivity contribution is 5.81. The molecule has 1 saturated heterocycles. The molecule has 4 nitrogen and oxygen atoms in total. The number of carbonyl (C=O) groups excluding carboxylic acids is 1. The lowest BCUT2D eigenvalue weighted by molar-refractivity contribution is -0.135. The third kappa shape index (κ3) is 2.41. The number of hydrogen-bond acceptors (Lipinski definition) is 3. The molecule has 1 N–H and O–H groups in total. The monoisotopic (exact) mass is 254 g/mol. The van der Waals surface area contributed by atoms with Crippen molar-refractivity contribution in [3.63, 3.8) is 0 Å². The predicted octanol–water partition coefficient (Wildman–Crippen LogP) is 1.40. The Kier molecular flexibility index (Phi) is 3.97. The fraction of sp³-hybridized carbons (Fsp3) is 0.929. The zero-order valence-electron chi connectivity index (χ0n) is 12.0. The van der Waals surface area contributed by atoms with Crippen LogP contribution >= 0.6 is 0 Å². The lowest BCUT2D eigenvalue weighted by atomic mass is 9.64. The standard InChI is InChI=1S/C14H26N2O2/c1-10(13(17)16-7-5-6-8-16)15-11-9-12(18-4)14(11,2)3/h10-12,15H,5-9H2,1-4H3. The van der Waals surface area contributed by atoms with Crippen molar-refractivity contribution in [1.29, 1.82) is 0 Å². The van der Waals surface area contributed by atoms with Gasteiger partial charge < -0.3 is 15.0 Å². The summed E-state index contributed by atoms with van der Waals surface area (Å²) in [7, 11) is 1.77. The molecular formula is C14H26N2O2. The molecule has 0 aromatic carbocycles. The van der Waals surface area contributed by atoms with Crippen molar-refractivity contribution in [2.24, 2.45) is 5.41 Å². The first-order valence-corrected chi connectivity index (χ1v) is 7.04. The number of rotatable bonds is 4. The predicted molar refractivity (Wildman–Crippen MR) is 71.4 cm³/mol. The van der Waals surface area contributed by atoms with Gasteiger partial charge in [0.2, 0.25) is 5.91 Å². The Hall–Kier alpha value is -0.610. The number of amides is 1. The molecule has 3 atom stereocenters. The molecule has 0 aromatic heterocycles. The molecule has 18 heavy (non-hydrogen) atoms. The van der Waals surface area contributed by atoms with Gasteiger partial charge in [-0.15, -0.1) is 0 Å². The smallest absolute Gasteiger partial charge is 0.239 e. The SMILES string of the molecule is COC1CC(NC(C)C(=O)N2CCCC2)C1(C)C. The van der Waals surface area contributed by atoms with Crippen molar-refractivity contribution < 1.29 is 9.53 Å². The van der Waals surface area contributed by atoms with E-state index in [1.54, 1.807) is 7.11 Å². The molecule has 104 valence electrons. The number of nitrogens with one attached hydrogen (secondary N) is 1. The molecule has 0 bridgehead atoms. The number of hydrogen-bond donors (Lipinski definition) is 1. The van der Waals surface area contributed by atoms with Crippen molar-refractivity contribution in [3.8, 4) is 0 Å². The van der Waals surface area contributed by atoms with E-state index in [4.69, 9.17) is 4.74 Å². The number of methoxy groups -OCH3 is 1. The second-order valence-corrected chi connectivity index (χ2v) is 6.25. The second-order valence-electron chi connectivity index (χ2n) is 6.25. The largest absolute Gasteiger partial charge is 0.381 e. The van der Waals surface area contributed by atoms with Gasteiger partial charge in [-0.1, -0.05) is 13.8 Å². The number of nitrogens with zero attached hydrogens (tertiary/aromatic N) is 1. The molecule has 1 saturated carbocycles. The highest BCUT2D eigenvalue weighted by Gasteiger charge is 2.49. The number of likely N-dealkylation sites (tertiary alicyclic amines) is 1. The maximum Gasteiger partial charge on any atom is 0.239 e. The van der Waals surface area contributed by atoms with E-state index in [2.05, 4.69) is 19.2 Å². The van der Waals surface area contributed by atoms with E-state index in [-0.39, 0.29) is 17.4 Å². The third-order valence-electron chi connectivity index (χ3n) is 4.70. The summed E-state index contributed by atoms with van der Waals surface area (Å²) >= 11 is 0. The minimum absolute atomic E-state index is 0.0785. The number of ether oxygens (including phenoxy) is 1. The maximum absolute atomic E-state index is 12.2. The van der Waals surface area contributed by atoms with Gasteiger partial charge in [0, 0.05) is 31.7 Å². The highest BCUT2D eigenvalue weighted by Crippen LogP contribution is 2.42. The summed E-state index contributed by atoms with van der Waals surface area (Å²) in [5, 5.41) is 3.48. The fourth-order valence-electron chi connectivity index (χ4n) is 3.15. The summed E-state index contributed by atoms with van der Waals surface area (Å²) in [6.45, 7) is 8.25. The zero-order chi connectivity index (χ0) is 13.3. The molecule has 2 fully saturated rings. The van der Waals surface area contributed by atoms with Gasteiger partial charge in [-0.25, -0.2) is 0 Å². The minimum atomic E-state index is -0.0785. The Morgan fingerprint density at radius 1 is 1.39 bits per heavy atom. The highest BCUT2D eigenvalue weighted by atomic mass is 16.5. The third-order valence-corrected chi connectivity index (χ3v) is 4.70. The molecule has 1 aliphatic heterocycles. The summed E-state index contributed by atoms with van der Waals surface area (Å²) in [6, 6.07) is 0.300. The van der Waals surface area contributed by atoms with Gasteiger partial charge >= 0.3 is 0 Å². The van der Waals surface area contributed by atoms with Crippen LogP contribution in [0.5, 0.6) is 0 Å². The molecule has 1 heterocycles. The molecule has 1 aliphatic carbocycles. The summed E-state index contributed by atoms with van der Waals surface area (Å²) < 4.78 is 5.44. The van der Waals surface area contributed by atoms with Crippen molar-refractivity contribution in [2.45, 2.75) is 58.2 Å². The maximum atomic E-state index is 12.2. The van der Waals surface area contributed by atoms with Gasteiger partial charge in [0.25, 0.3) is 0 Å². The van der Waals surface area contributed by atoms with E-state index in [0.717, 1.165) is 32.4 Å². The van der Waals surface area contributed by atoms with Gasteiger partial charge in [0.15, 0.2) is 0 Å². The zero-order valence-corrected chi connectivity index (χ0v) is 12.0. The molecule has 0 spiro atoms. The Bertz CT molecular complexity index is 311. The number of carbonyl (C=O) groups is 1. The van der Waals surface area contributed by atoms with Crippen LogP contribution in [0.15, 0.2) is 0 Å². The molecule has 3 unspecified atom stereocenters. The van der Waals surface area contributed by atoms with Crippen LogP contribution in [-0.2, 0) is 9.53 Å². The quantitative estimate of drug-likeness (QED) is 0.824. The van der Waals surface area contributed by atoms with Gasteiger partial charge in [0.1, 0.15) is 0 Å².